The van der Waals surface area contributed by atoms with Crippen molar-refractivity contribution in [3.05, 3.63) is 77.6 Å². The van der Waals surface area contributed by atoms with Crippen LogP contribution in [0.4, 0.5) is 13.2 Å². The highest BCUT2D eigenvalue weighted by Crippen LogP contribution is 2.30. The predicted octanol–water partition coefficient (Wildman–Crippen LogP) is 5.16. The number of Topliss-reactive ketones (excluding diaryl/α,β-unsaturated/α-hetero) is 1. The normalized spacial score (nSPS) is 12.0. The average molecular weight is 354 g/mol. The molecule has 0 aliphatic rings. The Bertz CT molecular complexity index is 1110. The van der Waals surface area contributed by atoms with Crippen molar-refractivity contribution in [1.82, 2.24) is 9.97 Å². The van der Waals surface area contributed by atoms with Crippen LogP contribution in [-0.2, 0) is 12.6 Å². The number of para-hydroxylation sites is 1. The van der Waals surface area contributed by atoms with E-state index in [2.05, 4.69) is 9.97 Å². The van der Waals surface area contributed by atoms with Crippen LogP contribution in [0.2, 0.25) is 0 Å². The number of aromatic nitrogens is 2. The van der Waals surface area contributed by atoms with Crippen molar-refractivity contribution in [2.45, 2.75) is 12.6 Å². The molecule has 0 bridgehead atoms. The Morgan fingerprint density at radius 3 is 2.42 bits per heavy atom. The Morgan fingerprint density at radius 1 is 0.962 bits per heavy atom. The lowest BCUT2D eigenvalue weighted by molar-refractivity contribution is -0.137. The molecule has 4 aromatic rings. The van der Waals surface area contributed by atoms with E-state index < -0.39 is 11.7 Å². The Hall–Kier alpha value is -3.15. The van der Waals surface area contributed by atoms with Crippen molar-refractivity contribution in [2.24, 2.45) is 0 Å². The first kappa shape index (κ1) is 16.3. The summed E-state index contributed by atoms with van der Waals surface area (Å²) in [5.74, 6) is -0.248. The number of nitrogens with one attached hydrogen (secondary N) is 1. The topological polar surface area (TPSA) is 45.8 Å². The number of hydrogen-bond acceptors (Lipinski definition) is 2. The van der Waals surface area contributed by atoms with Gasteiger partial charge in [0.1, 0.15) is 5.69 Å². The summed E-state index contributed by atoms with van der Waals surface area (Å²) in [7, 11) is 0. The molecule has 3 nitrogen and oxygen atoms in total. The molecule has 2 aromatic carbocycles. The number of carbonyl (C=O) groups excluding carboxylic acids is 1. The SMILES string of the molecule is O=C(Cc1ccc(C(F)(F)F)cc1)c1nccc2c1[nH]c1ccccc12. The van der Waals surface area contributed by atoms with Crippen molar-refractivity contribution in [2.75, 3.05) is 0 Å². The maximum absolute atomic E-state index is 12.7. The number of rotatable bonds is 3. The van der Waals surface area contributed by atoms with Crippen molar-refractivity contribution in [3.8, 4) is 0 Å². The fourth-order valence-corrected chi connectivity index (χ4v) is 3.07. The minimum absolute atomic E-state index is 0.0143. The number of H-pyrrole nitrogens is 1. The first-order chi connectivity index (χ1) is 12.4. The second kappa shape index (κ2) is 5.98. The van der Waals surface area contributed by atoms with Crippen LogP contribution in [0.15, 0.2) is 60.8 Å². The quantitative estimate of drug-likeness (QED) is 0.517. The monoisotopic (exact) mass is 354 g/mol. The molecule has 0 radical (unpaired) electrons. The van der Waals surface area contributed by atoms with Gasteiger partial charge in [0, 0.05) is 28.9 Å². The number of halogens is 3. The van der Waals surface area contributed by atoms with Gasteiger partial charge in [0.25, 0.3) is 0 Å². The van der Waals surface area contributed by atoms with Gasteiger partial charge < -0.3 is 4.98 Å². The van der Waals surface area contributed by atoms with Crippen LogP contribution < -0.4 is 0 Å². The molecule has 0 saturated heterocycles. The highest BCUT2D eigenvalue weighted by molar-refractivity contribution is 6.14. The van der Waals surface area contributed by atoms with Crippen molar-refractivity contribution in [1.29, 1.82) is 0 Å². The first-order valence-corrected chi connectivity index (χ1v) is 7.98. The lowest BCUT2D eigenvalue weighted by atomic mass is 10.0. The first-order valence-electron chi connectivity index (χ1n) is 7.98. The molecule has 4 rings (SSSR count). The summed E-state index contributed by atoms with van der Waals surface area (Å²) in [5, 5.41) is 1.89. The third-order valence-corrected chi connectivity index (χ3v) is 4.34. The van der Waals surface area contributed by atoms with Crippen molar-refractivity contribution in [3.63, 3.8) is 0 Å². The van der Waals surface area contributed by atoms with Crippen LogP contribution in [0.3, 0.4) is 0 Å². The zero-order chi connectivity index (χ0) is 18.3. The molecule has 0 spiro atoms. The van der Waals surface area contributed by atoms with Gasteiger partial charge in [0.15, 0.2) is 5.78 Å². The van der Waals surface area contributed by atoms with Crippen molar-refractivity contribution >= 4 is 27.6 Å². The number of nitrogens with zero attached hydrogens (tertiary/aromatic N) is 1. The number of alkyl halides is 3. The van der Waals surface area contributed by atoms with E-state index in [0.717, 1.165) is 28.4 Å². The van der Waals surface area contributed by atoms with Gasteiger partial charge in [-0.3, -0.25) is 9.78 Å². The van der Waals surface area contributed by atoms with Gasteiger partial charge in [-0.05, 0) is 29.8 Å². The number of carbonyl (C=O) groups is 1. The largest absolute Gasteiger partial charge is 0.416 e. The molecule has 0 atom stereocenters. The van der Waals surface area contributed by atoms with Gasteiger partial charge >= 0.3 is 6.18 Å². The van der Waals surface area contributed by atoms with Gasteiger partial charge in [-0.2, -0.15) is 13.2 Å². The van der Waals surface area contributed by atoms with E-state index in [4.69, 9.17) is 0 Å². The molecular formula is C20H13F3N2O. The summed E-state index contributed by atoms with van der Waals surface area (Å²) in [6.07, 6.45) is -2.83. The second-order valence-electron chi connectivity index (χ2n) is 6.05. The molecular weight excluding hydrogens is 341 g/mol. The molecule has 26 heavy (non-hydrogen) atoms. The Labute approximate surface area is 146 Å². The summed E-state index contributed by atoms with van der Waals surface area (Å²) in [5.41, 5.74) is 1.62. The standard InChI is InChI=1S/C20H13F3N2O/c21-20(22,23)13-7-5-12(6-8-13)11-17(26)19-18-15(9-10-24-19)14-3-1-2-4-16(14)25-18/h1-10,25H,11H2. The third kappa shape index (κ3) is 2.83. The van der Waals surface area contributed by atoms with Crippen LogP contribution in [0.5, 0.6) is 0 Å². The van der Waals surface area contributed by atoms with Crippen LogP contribution in [0.25, 0.3) is 21.8 Å². The Balaban J connectivity index is 1.68. The number of ketones is 1. The third-order valence-electron chi connectivity index (χ3n) is 4.34. The van der Waals surface area contributed by atoms with E-state index in [1.165, 1.54) is 12.1 Å². The maximum atomic E-state index is 12.7. The Kier molecular flexibility index (Phi) is 3.76. The number of fused-ring (bicyclic) bond motifs is 3. The maximum Gasteiger partial charge on any atom is 0.416 e. The molecule has 2 aromatic heterocycles. The molecule has 0 unspecified atom stereocenters. The zero-order valence-electron chi connectivity index (χ0n) is 13.5. The van der Waals surface area contributed by atoms with E-state index in [1.807, 2.05) is 30.3 Å². The number of hydrogen-bond donors (Lipinski definition) is 1. The fraction of sp³-hybridized carbons (Fsp3) is 0.100. The van der Waals surface area contributed by atoms with Crippen LogP contribution >= 0.6 is 0 Å². The highest BCUT2D eigenvalue weighted by Gasteiger charge is 2.30. The summed E-state index contributed by atoms with van der Waals surface area (Å²) < 4.78 is 37.9. The molecule has 6 heteroatoms. The second-order valence-corrected chi connectivity index (χ2v) is 6.05. The zero-order valence-corrected chi connectivity index (χ0v) is 13.5. The van der Waals surface area contributed by atoms with Crippen LogP contribution in [0, 0.1) is 0 Å². The lowest BCUT2D eigenvalue weighted by Gasteiger charge is -2.07. The van der Waals surface area contributed by atoms with Crippen LogP contribution in [0.1, 0.15) is 21.6 Å². The minimum Gasteiger partial charge on any atom is -0.353 e. The lowest BCUT2D eigenvalue weighted by Crippen LogP contribution is -2.08. The molecule has 0 amide bonds. The minimum atomic E-state index is -4.39. The molecule has 0 aliphatic heterocycles. The van der Waals surface area contributed by atoms with E-state index >= 15 is 0 Å². The molecule has 0 fully saturated rings. The number of aromatic amines is 1. The Morgan fingerprint density at radius 2 is 1.69 bits per heavy atom. The van der Waals surface area contributed by atoms with Crippen LogP contribution in [-0.4, -0.2) is 15.8 Å². The number of pyridine rings is 1. The van der Waals surface area contributed by atoms with E-state index in [9.17, 15) is 18.0 Å². The van der Waals surface area contributed by atoms with Gasteiger partial charge in [0.05, 0.1) is 11.1 Å². The van der Waals surface area contributed by atoms with Gasteiger partial charge in [-0.25, -0.2) is 0 Å². The summed E-state index contributed by atoms with van der Waals surface area (Å²) in [6.45, 7) is 0. The van der Waals surface area contributed by atoms with Crippen molar-refractivity contribution < 1.29 is 18.0 Å². The molecule has 1 N–H and O–H groups in total. The smallest absolute Gasteiger partial charge is 0.353 e. The summed E-state index contributed by atoms with van der Waals surface area (Å²) in [6, 6.07) is 14.1. The van der Waals surface area contributed by atoms with E-state index in [0.29, 0.717) is 16.8 Å². The predicted molar refractivity (Wildman–Crippen MR) is 93.1 cm³/mol. The van der Waals surface area contributed by atoms with Gasteiger partial charge in [-0.1, -0.05) is 30.3 Å². The molecule has 2 heterocycles. The summed E-state index contributed by atoms with van der Waals surface area (Å²) >= 11 is 0. The number of benzene rings is 2. The molecule has 130 valence electrons. The molecule has 0 saturated carbocycles. The van der Waals surface area contributed by atoms with Gasteiger partial charge in [0.2, 0.25) is 0 Å². The average Bonchev–Trinajstić information content (AvgIpc) is 3.00. The molecule has 0 aliphatic carbocycles. The summed E-state index contributed by atoms with van der Waals surface area (Å²) in [4.78, 5) is 20.1. The van der Waals surface area contributed by atoms with E-state index in [-0.39, 0.29) is 12.2 Å². The fourth-order valence-electron chi connectivity index (χ4n) is 3.07. The van der Waals surface area contributed by atoms with E-state index in [1.54, 1.807) is 6.20 Å². The highest BCUT2D eigenvalue weighted by atomic mass is 19.4. The van der Waals surface area contributed by atoms with Gasteiger partial charge in [-0.15, -0.1) is 0 Å².